The zero-order valence-electron chi connectivity index (χ0n) is 11.8. The predicted octanol–water partition coefficient (Wildman–Crippen LogP) is 2.39. The molecule has 0 radical (unpaired) electrons. The fourth-order valence-electron chi connectivity index (χ4n) is 2.35. The second-order valence-electron chi connectivity index (χ2n) is 4.91. The third-order valence-corrected chi connectivity index (χ3v) is 3.45. The van der Waals surface area contributed by atoms with Crippen molar-refractivity contribution >= 4 is 6.08 Å². The maximum atomic E-state index is 5.22. The van der Waals surface area contributed by atoms with Crippen LogP contribution in [-0.2, 0) is 0 Å². The Labute approximate surface area is 116 Å². The minimum Gasteiger partial charge on any atom is -0.497 e. The number of hydrogen-bond acceptors (Lipinski definition) is 3. The largest absolute Gasteiger partial charge is 0.497 e. The van der Waals surface area contributed by atoms with Gasteiger partial charge in [0.25, 0.3) is 0 Å². The van der Waals surface area contributed by atoms with Gasteiger partial charge in [-0.3, -0.25) is 0 Å². The molecular weight excluding hydrogens is 236 g/mol. The van der Waals surface area contributed by atoms with Gasteiger partial charge in [0.2, 0.25) is 0 Å². The Morgan fingerprint density at radius 1 is 1.32 bits per heavy atom. The fraction of sp³-hybridized carbons (Fsp3) is 0.500. The average molecular weight is 260 g/mol. The van der Waals surface area contributed by atoms with Crippen LogP contribution in [0.5, 0.6) is 5.75 Å². The first-order valence-electron chi connectivity index (χ1n) is 7.12. The maximum Gasteiger partial charge on any atom is 0.119 e. The number of hydrogen-bond donors (Lipinski definition) is 1. The number of methoxy groups -OCH3 is 1. The van der Waals surface area contributed by atoms with Gasteiger partial charge in [0.1, 0.15) is 5.75 Å². The molecule has 0 amide bonds. The summed E-state index contributed by atoms with van der Waals surface area (Å²) >= 11 is 0. The summed E-state index contributed by atoms with van der Waals surface area (Å²) in [4.78, 5) is 2.54. The van der Waals surface area contributed by atoms with E-state index >= 15 is 0 Å². The molecular formula is C16H24N2O. The highest BCUT2D eigenvalue weighted by molar-refractivity contribution is 5.51. The van der Waals surface area contributed by atoms with Crippen LogP contribution in [0.3, 0.4) is 0 Å². The van der Waals surface area contributed by atoms with Crippen LogP contribution < -0.4 is 10.1 Å². The van der Waals surface area contributed by atoms with Gasteiger partial charge in [0.05, 0.1) is 7.11 Å². The van der Waals surface area contributed by atoms with Crippen molar-refractivity contribution in [2.24, 2.45) is 0 Å². The molecule has 1 aliphatic heterocycles. The summed E-state index contributed by atoms with van der Waals surface area (Å²) in [5.74, 6) is 0.917. The molecule has 0 unspecified atom stereocenters. The van der Waals surface area contributed by atoms with Crippen molar-refractivity contribution in [2.45, 2.75) is 12.8 Å². The normalized spacial score (nSPS) is 17.5. The molecule has 1 saturated heterocycles. The minimum absolute atomic E-state index is 0.917. The number of ether oxygens (including phenoxy) is 1. The van der Waals surface area contributed by atoms with Gasteiger partial charge in [0.15, 0.2) is 0 Å². The summed E-state index contributed by atoms with van der Waals surface area (Å²) in [6.07, 6.45) is 6.81. The standard InChI is InChI=1S/C16H24N2O/c1-19-16-8-4-7-15(14-16)6-2-3-11-18-12-5-9-17-10-13-18/h2,4,6-8,14,17H,3,5,9-13H2,1H3/b6-2+. The van der Waals surface area contributed by atoms with Crippen LogP contribution in [0.2, 0.25) is 0 Å². The van der Waals surface area contributed by atoms with E-state index in [1.54, 1.807) is 7.11 Å². The molecule has 1 aliphatic rings. The van der Waals surface area contributed by atoms with Crippen LogP contribution in [-0.4, -0.2) is 44.7 Å². The van der Waals surface area contributed by atoms with Gasteiger partial charge in [-0.1, -0.05) is 24.3 Å². The van der Waals surface area contributed by atoms with E-state index in [2.05, 4.69) is 34.5 Å². The summed E-state index contributed by atoms with van der Waals surface area (Å²) in [7, 11) is 1.70. The van der Waals surface area contributed by atoms with Crippen LogP contribution in [0.25, 0.3) is 6.08 Å². The van der Waals surface area contributed by atoms with E-state index in [0.717, 1.165) is 31.8 Å². The van der Waals surface area contributed by atoms with Crippen LogP contribution in [0.15, 0.2) is 30.3 Å². The SMILES string of the molecule is COc1cccc(/C=C/CCN2CCCNCC2)c1. The summed E-state index contributed by atoms with van der Waals surface area (Å²) < 4.78 is 5.22. The molecule has 1 heterocycles. The van der Waals surface area contributed by atoms with Gasteiger partial charge in [-0.15, -0.1) is 0 Å². The third-order valence-electron chi connectivity index (χ3n) is 3.45. The quantitative estimate of drug-likeness (QED) is 0.880. The zero-order valence-corrected chi connectivity index (χ0v) is 11.8. The lowest BCUT2D eigenvalue weighted by molar-refractivity contribution is 0.298. The predicted molar refractivity (Wildman–Crippen MR) is 80.6 cm³/mol. The number of nitrogens with one attached hydrogen (secondary N) is 1. The van der Waals surface area contributed by atoms with Crippen molar-refractivity contribution in [2.75, 3.05) is 39.8 Å². The van der Waals surface area contributed by atoms with E-state index in [4.69, 9.17) is 4.74 Å². The average Bonchev–Trinajstić information content (AvgIpc) is 2.72. The van der Waals surface area contributed by atoms with Crippen LogP contribution in [0.1, 0.15) is 18.4 Å². The van der Waals surface area contributed by atoms with Gasteiger partial charge < -0.3 is 15.0 Å². The van der Waals surface area contributed by atoms with Crippen molar-refractivity contribution in [3.05, 3.63) is 35.9 Å². The molecule has 0 aromatic heterocycles. The molecule has 2 rings (SSSR count). The smallest absolute Gasteiger partial charge is 0.119 e. The lowest BCUT2D eigenvalue weighted by Gasteiger charge is -2.17. The molecule has 1 aromatic rings. The summed E-state index contributed by atoms with van der Waals surface area (Å²) in [5, 5.41) is 3.43. The molecule has 0 aliphatic carbocycles. The van der Waals surface area contributed by atoms with Gasteiger partial charge >= 0.3 is 0 Å². The minimum atomic E-state index is 0.917. The van der Waals surface area contributed by atoms with E-state index in [1.165, 1.54) is 25.1 Å². The third kappa shape index (κ3) is 5.05. The molecule has 0 bridgehead atoms. The Morgan fingerprint density at radius 3 is 3.16 bits per heavy atom. The second-order valence-corrected chi connectivity index (χ2v) is 4.91. The lowest BCUT2D eigenvalue weighted by Crippen LogP contribution is -2.28. The first-order valence-corrected chi connectivity index (χ1v) is 7.12. The van der Waals surface area contributed by atoms with Gasteiger partial charge in [-0.25, -0.2) is 0 Å². The lowest BCUT2D eigenvalue weighted by atomic mass is 10.2. The van der Waals surface area contributed by atoms with Crippen molar-refractivity contribution in [3.63, 3.8) is 0 Å². The summed E-state index contributed by atoms with van der Waals surface area (Å²) in [6, 6.07) is 8.17. The highest BCUT2D eigenvalue weighted by Gasteiger charge is 2.06. The molecule has 19 heavy (non-hydrogen) atoms. The molecule has 1 fully saturated rings. The first-order chi connectivity index (χ1) is 9.38. The highest BCUT2D eigenvalue weighted by atomic mass is 16.5. The van der Waals surface area contributed by atoms with Crippen molar-refractivity contribution in [1.82, 2.24) is 10.2 Å². The fourth-order valence-corrected chi connectivity index (χ4v) is 2.35. The maximum absolute atomic E-state index is 5.22. The topological polar surface area (TPSA) is 24.5 Å². The number of benzene rings is 1. The van der Waals surface area contributed by atoms with E-state index in [1.807, 2.05) is 12.1 Å². The van der Waals surface area contributed by atoms with Crippen LogP contribution in [0.4, 0.5) is 0 Å². The van der Waals surface area contributed by atoms with Crippen molar-refractivity contribution < 1.29 is 4.74 Å². The Kier molecular flexibility index (Phi) is 5.92. The number of rotatable bonds is 5. The van der Waals surface area contributed by atoms with E-state index < -0.39 is 0 Å². The molecule has 1 aromatic carbocycles. The Balaban J connectivity index is 1.76. The monoisotopic (exact) mass is 260 g/mol. The highest BCUT2D eigenvalue weighted by Crippen LogP contribution is 2.13. The molecule has 0 saturated carbocycles. The van der Waals surface area contributed by atoms with E-state index in [-0.39, 0.29) is 0 Å². The van der Waals surface area contributed by atoms with Crippen molar-refractivity contribution in [1.29, 1.82) is 0 Å². The Morgan fingerprint density at radius 2 is 2.26 bits per heavy atom. The van der Waals surface area contributed by atoms with E-state index in [0.29, 0.717) is 0 Å². The molecule has 3 nitrogen and oxygen atoms in total. The Hall–Kier alpha value is -1.32. The number of nitrogens with zero attached hydrogens (tertiary/aromatic N) is 1. The molecule has 104 valence electrons. The Bertz CT molecular complexity index is 395. The molecule has 0 spiro atoms. The van der Waals surface area contributed by atoms with Gasteiger partial charge in [-0.2, -0.15) is 0 Å². The summed E-state index contributed by atoms with van der Waals surface area (Å²) in [5.41, 5.74) is 1.21. The van der Waals surface area contributed by atoms with Crippen LogP contribution in [0, 0.1) is 0 Å². The van der Waals surface area contributed by atoms with E-state index in [9.17, 15) is 0 Å². The first kappa shape index (κ1) is 14.1. The van der Waals surface area contributed by atoms with Crippen molar-refractivity contribution in [3.8, 4) is 5.75 Å². The molecule has 1 N–H and O–H groups in total. The summed E-state index contributed by atoms with van der Waals surface area (Å²) in [6.45, 7) is 5.84. The van der Waals surface area contributed by atoms with Gasteiger partial charge in [-0.05, 0) is 43.6 Å². The second kappa shape index (κ2) is 7.97. The van der Waals surface area contributed by atoms with Crippen LogP contribution >= 0.6 is 0 Å². The molecule has 3 heteroatoms. The molecule has 0 atom stereocenters. The van der Waals surface area contributed by atoms with Gasteiger partial charge in [0, 0.05) is 19.6 Å². The zero-order chi connectivity index (χ0) is 13.3.